The van der Waals surface area contributed by atoms with E-state index >= 15 is 0 Å². The predicted octanol–water partition coefficient (Wildman–Crippen LogP) is 4.67. The number of aryl methyl sites for hydroxylation is 1. The van der Waals surface area contributed by atoms with Crippen LogP contribution in [0.2, 0.25) is 0 Å². The summed E-state index contributed by atoms with van der Waals surface area (Å²) in [5, 5.41) is 0. The minimum Gasteiger partial charge on any atom is -0.115 e. The Hall–Kier alpha value is -1.22. The van der Waals surface area contributed by atoms with Crippen LogP contribution < -0.4 is 0 Å². The molecule has 1 fully saturated rings. The first kappa shape index (κ1) is 12.2. The molecule has 0 heterocycles. The lowest BCUT2D eigenvalue weighted by molar-refractivity contribution is 0.443. The number of hydrogen-bond acceptors (Lipinski definition) is 0. The highest BCUT2D eigenvalue weighted by atomic mass is 14.2. The second-order valence-corrected chi connectivity index (χ2v) is 5.15. The second kappa shape index (κ2) is 5.92. The van der Waals surface area contributed by atoms with Crippen molar-refractivity contribution in [2.45, 2.75) is 57.8 Å². The quantitative estimate of drug-likeness (QED) is 0.657. The van der Waals surface area contributed by atoms with Gasteiger partial charge in [0.25, 0.3) is 0 Å². The van der Waals surface area contributed by atoms with Gasteiger partial charge in [0.05, 0.1) is 0 Å². The van der Waals surface area contributed by atoms with Crippen molar-refractivity contribution in [3.63, 3.8) is 0 Å². The summed E-state index contributed by atoms with van der Waals surface area (Å²) < 4.78 is 0. The molecule has 0 spiro atoms. The third kappa shape index (κ3) is 2.91. The summed E-state index contributed by atoms with van der Waals surface area (Å²) in [6.45, 7) is 2.23. The van der Waals surface area contributed by atoms with Crippen LogP contribution in [-0.4, -0.2) is 0 Å². The summed E-state index contributed by atoms with van der Waals surface area (Å²) in [7, 11) is 0. The van der Waals surface area contributed by atoms with Gasteiger partial charge in [0, 0.05) is 5.56 Å². The Morgan fingerprint density at radius 1 is 1.24 bits per heavy atom. The van der Waals surface area contributed by atoms with Crippen molar-refractivity contribution in [2.24, 2.45) is 0 Å². The van der Waals surface area contributed by atoms with Gasteiger partial charge >= 0.3 is 0 Å². The molecule has 1 aromatic carbocycles. The van der Waals surface area contributed by atoms with Crippen LogP contribution in [0.25, 0.3) is 0 Å². The van der Waals surface area contributed by atoms with Gasteiger partial charge in [-0.3, -0.25) is 0 Å². The zero-order valence-electron chi connectivity index (χ0n) is 10.8. The average Bonchev–Trinajstić information content (AvgIpc) is 2.40. The Morgan fingerprint density at radius 3 is 2.65 bits per heavy atom. The Balaban J connectivity index is 2.28. The number of terminal acetylenes is 1. The standard InChI is InChI=1S/C17H22/c1-3-8-14-11-12-15(4-2)17(13-14)16-9-6-5-7-10-16/h2,11-13,16H,3,5-10H2,1H3. The molecule has 1 aliphatic carbocycles. The molecule has 0 atom stereocenters. The summed E-state index contributed by atoms with van der Waals surface area (Å²) in [4.78, 5) is 0. The molecule has 1 aromatic rings. The zero-order valence-corrected chi connectivity index (χ0v) is 10.8. The van der Waals surface area contributed by atoms with Crippen molar-refractivity contribution < 1.29 is 0 Å². The Morgan fingerprint density at radius 2 is 2.00 bits per heavy atom. The van der Waals surface area contributed by atoms with Crippen LogP contribution in [-0.2, 0) is 6.42 Å². The van der Waals surface area contributed by atoms with Crippen molar-refractivity contribution in [1.82, 2.24) is 0 Å². The van der Waals surface area contributed by atoms with Gasteiger partial charge in [0.1, 0.15) is 0 Å². The highest BCUT2D eigenvalue weighted by Gasteiger charge is 2.18. The van der Waals surface area contributed by atoms with Crippen LogP contribution in [0.15, 0.2) is 18.2 Å². The molecular weight excluding hydrogens is 204 g/mol. The lowest BCUT2D eigenvalue weighted by atomic mass is 9.81. The van der Waals surface area contributed by atoms with Gasteiger partial charge < -0.3 is 0 Å². The molecule has 0 nitrogen and oxygen atoms in total. The van der Waals surface area contributed by atoms with Crippen LogP contribution in [0.1, 0.15) is 68.1 Å². The van der Waals surface area contributed by atoms with E-state index in [2.05, 4.69) is 31.0 Å². The van der Waals surface area contributed by atoms with Gasteiger partial charge in [-0.15, -0.1) is 6.42 Å². The first-order chi connectivity index (χ1) is 8.35. The molecule has 0 saturated heterocycles. The molecule has 0 bridgehead atoms. The fourth-order valence-electron chi connectivity index (χ4n) is 2.94. The molecule has 90 valence electrons. The molecule has 0 N–H and O–H groups in total. The Bertz CT molecular complexity index is 403. The smallest absolute Gasteiger partial charge is 0.0277 e. The molecule has 0 unspecified atom stereocenters. The first-order valence-corrected chi connectivity index (χ1v) is 6.94. The zero-order chi connectivity index (χ0) is 12.1. The molecule has 0 heteroatoms. The number of hydrogen-bond donors (Lipinski definition) is 0. The normalized spacial score (nSPS) is 16.7. The van der Waals surface area contributed by atoms with Crippen LogP contribution in [0, 0.1) is 12.3 Å². The second-order valence-electron chi connectivity index (χ2n) is 5.15. The van der Waals surface area contributed by atoms with Crippen molar-refractivity contribution in [2.75, 3.05) is 0 Å². The van der Waals surface area contributed by atoms with E-state index in [4.69, 9.17) is 6.42 Å². The van der Waals surface area contributed by atoms with E-state index in [0.717, 1.165) is 5.56 Å². The molecular formula is C17H22. The van der Waals surface area contributed by atoms with Crippen molar-refractivity contribution in [1.29, 1.82) is 0 Å². The molecule has 0 aromatic heterocycles. The maximum atomic E-state index is 5.63. The van der Waals surface area contributed by atoms with Crippen molar-refractivity contribution in [3.05, 3.63) is 34.9 Å². The van der Waals surface area contributed by atoms with E-state index in [1.165, 1.54) is 56.1 Å². The SMILES string of the molecule is C#Cc1ccc(CCC)cc1C1CCCCC1. The number of benzene rings is 1. The maximum Gasteiger partial charge on any atom is 0.0277 e. The number of rotatable bonds is 3. The van der Waals surface area contributed by atoms with E-state index < -0.39 is 0 Å². The third-order valence-electron chi connectivity index (χ3n) is 3.86. The third-order valence-corrected chi connectivity index (χ3v) is 3.86. The Kier molecular flexibility index (Phi) is 4.26. The van der Waals surface area contributed by atoms with E-state index in [1.807, 2.05) is 0 Å². The highest BCUT2D eigenvalue weighted by Crippen LogP contribution is 2.34. The van der Waals surface area contributed by atoms with Gasteiger partial charge in [-0.25, -0.2) is 0 Å². The predicted molar refractivity (Wildman–Crippen MR) is 74.2 cm³/mol. The molecule has 0 amide bonds. The summed E-state index contributed by atoms with van der Waals surface area (Å²) in [5.74, 6) is 3.58. The fourth-order valence-corrected chi connectivity index (χ4v) is 2.94. The molecule has 0 radical (unpaired) electrons. The fraction of sp³-hybridized carbons (Fsp3) is 0.529. The van der Waals surface area contributed by atoms with Crippen LogP contribution in [0.4, 0.5) is 0 Å². The minimum absolute atomic E-state index is 0.714. The van der Waals surface area contributed by atoms with Gasteiger partial charge in [-0.1, -0.05) is 50.7 Å². The molecule has 1 saturated carbocycles. The summed E-state index contributed by atoms with van der Waals surface area (Å²) in [6.07, 6.45) is 14.8. The van der Waals surface area contributed by atoms with E-state index in [0.29, 0.717) is 5.92 Å². The van der Waals surface area contributed by atoms with Crippen molar-refractivity contribution in [3.8, 4) is 12.3 Å². The lowest BCUT2D eigenvalue weighted by Crippen LogP contribution is -2.07. The average molecular weight is 226 g/mol. The summed E-state index contributed by atoms with van der Waals surface area (Å²) >= 11 is 0. The van der Waals surface area contributed by atoms with Gasteiger partial charge in [-0.05, 0) is 42.4 Å². The van der Waals surface area contributed by atoms with Gasteiger partial charge in [0.2, 0.25) is 0 Å². The highest BCUT2D eigenvalue weighted by molar-refractivity contribution is 5.44. The van der Waals surface area contributed by atoms with E-state index in [9.17, 15) is 0 Å². The Labute approximate surface area is 105 Å². The van der Waals surface area contributed by atoms with Crippen LogP contribution in [0.3, 0.4) is 0 Å². The first-order valence-electron chi connectivity index (χ1n) is 6.94. The van der Waals surface area contributed by atoms with Gasteiger partial charge in [-0.2, -0.15) is 0 Å². The molecule has 0 aliphatic heterocycles. The summed E-state index contributed by atoms with van der Waals surface area (Å²) in [5.41, 5.74) is 4.02. The summed E-state index contributed by atoms with van der Waals surface area (Å²) in [6, 6.07) is 6.72. The van der Waals surface area contributed by atoms with Crippen LogP contribution >= 0.6 is 0 Å². The molecule has 2 rings (SSSR count). The van der Waals surface area contributed by atoms with E-state index in [-0.39, 0.29) is 0 Å². The van der Waals surface area contributed by atoms with E-state index in [1.54, 1.807) is 0 Å². The molecule has 1 aliphatic rings. The topological polar surface area (TPSA) is 0 Å². The van der Waals surface area contributed by atoms with Gasteiger partial charge in [0.15, 0.2) is 0 Å². The van der Waals surface area contributed by atoms with Crippen molar-refractivity contribution >= 4 is 0 Å². The monoisotopic (exact) mass is 226 g/mol. The largest absolute Gasteiger partial charge is 0.115 e. The maximum absolute atomic E-state index is 5.63. The lowest BCUT2D eigenvalue weighted by Gasteiger charge is -2.23. The van der Waals surface area contributed by atoms with Crippen LogP contribution in [0.5, 0.6) is 0 Å². The molecule has 17 heavy (non-hydrogen) atoms. The minimum atomic E-state index is 0.714.